The minimum atomic E-state index is -4.79. The number of amidine groups is 1. The fourth-order valence-electron chi connectivity index (χ4n) is 4.69. The van der Waals surface area contributed by atoms with Crippen LogP contribution in [0, 0.1) is 6.92 Å². The van der Waals surface area contributed by atoms with E-state index >= 15 is 0 Å². The second-order valence-electron chi connectivity index (χ2n) is 10.3. The Morgan fingerprint density at radius 3 is 2.50 bits per heavy atom. The first-order valence-electron chi connectivity index (χ1n) is 13.6. The van der Waals surface area contributed by atoms with Gasteiger partial charge in [0.1, 0.15) is 12.1 Å². The SMILES string of the molecule is Cc1ccc(C2CC2(F)F)c(N2C(=O)CS/C2=N\C(=O)N/N=C/c2ccc(-c3ncn(-c4ccc(OC(F)(F)F)cc4)n3)cc2)c1. The molecule has 0 spiro atoms. The number of aromatic nitrogens is 3. The van der Waals surface area contributed by atoms with Crippen molar-refractivity contribution in [3.63, 3.8) is 0 Å². The van der Waals surface area contributed by atoms with Gasteiger partial charge in [-0.2, -0.15) is 10.1 Å². The highest BCUT2D eigenvalue weighted by Crippen LogP contribution is 2.58. The Balaban J connectivity index is 1.09. The average Bonchev–Trinajstić information content (AvgIpc) is 3.30. The van der Waals surface area contributed by atoms with Crippen LogP contribution in [0.15, 0.2) is 83.2 Å². The van der Waals surface area contributed by atoms with Crippen LogP contribution in [0.3, 0.4) is 0 Å². The molecule has 6 rings (SSSR count). The molecule has 0 bridgehead atoms. The van der Waals surface area contributed by atoms with E-state index in [4.69, 9.17) is 0 Å². The van der Waals surface area contributed by atoms with Crippen LogP contribution in [0.2, 0.25) is 0 Å². The number of benzene rings is 3. The van der Waals surface area contributed by atoms with Crippen molar-refractivity contribution in [2.45, 2.75) is 31.5 Å². The third-order valence-electron chi connectivity index (χ3n) is 6.96. The minimum Gasteiger partial charge on any atom is -0.406 e. The Morgan fingerprint density at radius 1 is 1.11 bits per heavy atom. The van der Waals surface area contributed by atoms with Crippen molar-refractivity contribution in [1.82, 2.24) is 20.2 Å². The van der Waals surface area contributed by atoms with Gasteiger partial charge in [-0.15, -0.1) is 18.3 Å². The summed E-state index contributed by atoms with van der Waals surface area (Å²) >= 11 is 1.03. The topological polar surface area (TPSA) is 114 Å². The summed E-state index contributed by atoms with van der Waals surface area (Å²) in [5.74, 6) is -4.20. The predicted molar refractivity (Wildman–Crippen MR) is 160 cm³/mol. The zero-order chi connectivity index (χ0) is 32.6. The quantitative estimate of drug-likeness (QED) is 0.139. The molecular formula is C30H22F5N7O3S. The van der Waals surface area contributed by atoms with Crippen molar-refractivity contribution < 1.29 is 36.3 Å². The van der Waals surface area contributed by atoms with Gasteiger partial charge in [0, 0.05) is 12.0 Å². The first-order valence-corrected chi connectivity index (χ1v) is 14.6. The van der Waals surface area contributed by atoms with Gasteiger partial charge in [0.15, 0.2) is 11.0 Å². The van der Waals surface area contributed by atoms with E-state index in [1.54, 1.807) is 49.4 Å². The number of ether oxygens (including phenoxy) is 1. The van der Waals surface area contributed by atoms with Crippen molar-refractivity contribution in [2.75, 3.05) is 10.7 Å². The summed E-state index contributed by atoms with van der Waals surface area (Å²) in [6, 6.07) is 16.1. The zero-order valence-corrected chi connectivity index (χ0v) is 24.5. The number of hydrogen-bond donors (Lipinski definition) is 1. The maximum Gasteiger partial charge on any atom is 0.573 e. The highest BCUT2D eigenvalue weighted by atomic mass is 32.2. The lowest BCUT2D eigenvalue weighted by Crippen LogP contribution is -2.31. The number of nitrogens with one attached hydrogen (secondary N) is 1. The number of hydrazone groups is 1. The number of halogens is 5. The van der Waals surface area contributed by atoms with Crippen LogP contribution < -0.4 is 15.1 Å². The van der Waals surface area contributed by atoms with Crippen LogP contribution in [-0.4, -0.2) is 56.1 Å². The van der Waals surface area contributed by atoms with E-state index in [2.05, 4.69) is 30.3 Å². The number of aliphatic imine (C=N–C) groups is 1. The lowest BCUT2D eigenvalue weighted by atomic mass is 10.0. The molecule has 236 valence electrons. The Hall–Kier alpha value is -5.12. The van der Waals surface area contributed by atoms with Gasteiger partial charge in [-0.3, -0.25) is 9.69 Å². The van der Waals surface area contributed by atoms with Crippen molar-refractivity contribution >= 4 is 40.8 Å². The summed E-state index contributed by atoms with van der Waals surface area (Å²) in [6.07, 6.45) is -2.30. The standard InChI is InChI=1S/C30H22F5N7O3S/c1-17-2-11-22(23-13-29(23,31)32)24(12-17)42-25(43)15-46-28(42)38-27(44)39-37-14-18-3-5-19(6-4-18)26-36-16-41(40-26)20-7-9-21(10-8-20)45-30(33,34)35/h2-12,14,16,23H,13,15H2,1H3,(H,39,44)/b37-14+,38-28-. The summed E-state index contributed by atoms with van der Waals surface area (Å²) in [6.45, 7) is 1.78. The van der Waals surface area contributed by atoms with Crippen LogP contribution in [-0.2, 0) is 4.79 Å². The number of anilines is 1. The van der Waals surface area contributed by atoms with Gasteiger partial charge in [0.25, 0.3) is 5.92 Å². The normalized spacial score (nSPS) is 18.4. The second-order valence-corrected chi connectivity index (χ2v) is 11.3. The summed E-state index contributed by atoms with van der Waals surface area (Å²) in [4.78, 5) is 34.7. The van der Waals surface area contributed by atoms with E-state index in [0.29, 0.717) is 33.9 Å². The molecule has 1 unspecified atom stereocenters. The highest BCUT2D eigenvalue weighted by Gasteiger charge is 2.58. The first kappa shape index (κ1) is 30.9. The van der Waals surface area contributed by atoms with E-state index in [0.717, 1.165) is 17.3 Å². The molecule has 0 radical (unpaired) electrons. The number of alkyl halides is 5. The smallest absolute Gasteiger partial charge is 0.406 e. The molecule has 46 heavy (non-hydrogen) atoms. The predicted octanol–water partition coefficient (Wildman–Crippen LogP) is 6.44. The first-order chi connectivity index (χ1) is 21.9. The Kier molecular flexibility index (Phi) is 8.06. The number of hydrogen-bond acceptors (Lipinski definition) is 7. The highest BCUT2D eigenvalue weighted by molar-refractivity contribution is 8.15. The molecule has 1 aliphatic heterocycles. The summed E-state index contributed by atoms with van der Waals surface area (Å²) in [5, 5.41) is 8.32. The van der Waals surface area contributed by atoms with Gasteiger partial charge in [0.2, 0.25) is 5.91 Å². The third kappa shape index (κ3) is 6.91. The van der Waals surface area contributed by atoms with Gasteiger partial charge in [-0.25, -0.2) is 28.7 Å². The number of urea groups is 1. The molecule has 2 heterocycles. The molecule has 1 saturated heterocycles. The third-order valence-corrected chi connectivity index (χ3v) is 7.88. The molecule has 1 atom stereocenters. The Bertz CT molecular complexity index is 1860. The van der Waals surface area contributed by atoms with Crippen molar-refractivity contribution in [2.24, 2.45) is 10.1 Å². The minimum absolute atomic E-state index is 0.00642. The van der Waals surface area contributed by atoms with Gasteiger partial charge in [-0.05, 0) is 53.9 Å². The van der Waals surface area contributed by atoms with E-state index in [1.165, 1.54) is 46.4 Å². The van der Waals surface area contributed by atoms with Crippen LogP contribution in [0.1, 0.15) is 29.0 Å². The van der Waals surface area contributed by atoms with E-state index in [9.17, 15) is 31.5 Å². The molecule has 2 fully saturated rings. The number of aryl methyl sites for hydroxylation is 1. The van der Waals surface area contributed by atoms with Crippen molar-refractivity contribution in [3.05, 3.63) is 89.7 Å². The number of rotatable bonds is 7. The maximum absolute atomic E-state index is 13.9. The van der Waals surface area contributed by atoms with Crippen LogP contribution >= 0.6 is 11.8 Å². The fraction of sp³-hybridized carbons (Fsp3) is 0.200. The molecular weight excluding hydrogens is 633 g/mol. The molecule has 1 aliphatic carbocycles. The molecule has 1 saturated carbocycles. The zero-order valence-electron chi connectivity index (χ0n) is 23.7. The Morgan fingerprint density at radius 2 is 1.83 bits per heavy atom. The molecule has 10 nitrogen and oxygen atoms in total. The molecule has 16 heteroatoms. The number of carbonyl (C=O) groups is 2. The largest absolute Gasteiger partial charge is 0.573 e. The van der Waals surface area contributed by atoms with Gasteiger partial charge in [0.05, 0.1) is 29.3 Å². The van der Waals surface area contributed by atoms with Gasteiger partial charge < -0.3 is 4.74 Å². The molecule has 1 aromatic heterocycles. The van der Waals surface area contributed by atoms with Gasteiger partial charge in [-0.1, -0.05) is 48.2 Å². The monoisotopic (exact) mass is 655 g/mol. The molecule has 3 aromatic carbocycles. The molecule has 4 aromatic rings. The number of thioether (sulfide) groups is 1. The maximum atomic E-state index is 13.9. The summed E-state index contributed by atoms with van der Waals surface area (Å²) in [7, 11) is 0. The molecule has 1 N–H and O–H groups in total. The molecule has 3 amide bonds. The van der Waals surface area contributed by atoms with E-state index in [1.807, 2.05) is 0 Å². The Labute approximate surface area is 262 Å². The number of nitrogens with zero attached hydrogens (tertiary/aromatic N) is 6. The fourth-order valence-corrected chi connectivity index (χ4v) is 5.55. The van der Waals surface area contributed by atoms with Crippen LogP contribution in [0.25, 0.3) is 17.1 Å². The van der Waals surface area contributed by atoms with E-state index in [-0.39, 0.29) is 29.0 Å². The molecule has 2 aliphatic rings. The average molecular weight is 656 g/mol. The second kappa shape index (κ2) is 12.0. The summed E-state index contributed by atoms with van der Waals surface area (Å²) < 4.78 is 70.2. The van der Waals surface area contributed by atoms with Crippen molar-refractivity contribution in [1.29, 1.82) is 0 Å². The lowest BCUT2D eigenvalue weighted by Gasteiger charge is -2.20. The van der Waals surface area contributed by atoms with Crippen LogP contribution in [0.4, 0.5) is 32.4 Å². The lowest BCUT2D eigenvalue weighted by molar-refractivity contribution is -0.274. The number of carbonyl (C=O) groups excluding carboxylic acids is 2. The van der Waals surface area contributed by atoms with Crippen LogP contribution in [0.5, 0.6) is 5.75 Å². The summed E-state index contributed by atoms with van der Waals surface area (Å²) in [5.41, 5.74) is 5.39. The number of amides is 3. The van der Waals surface area contributed by atoms with Crippen molar-refractivity contribution in [3.8, 4) is 22.8 Å². The van der Waals surface area contributed by atoms with Gasteiger partial charge >= 0.3 is 12.4 Å². The van der Waals surface area contributed by atoms with E-state index < -0.39 is 24.2 Å².